The summed E-state index contributed by atoms with van der Waals surface area (Å²) in [5, 5.41) is 7.24. The molecule has 1 heterocycles. The Balaban J connectivity index is 1.60. The van der Waals surface area contributed by atoms with Crippen molar-refractivity contribution in [1.29, 1.82) is 0 Å². The SMILES string of the molecule is COc1cccc(C2CC(=O)C3=C(C2)Nc2ccccc2NC3c2ccc(C)c(Br)c2)c1. The van der Waals surface area contributed by atoms with Gasteiger partial charge in [0.05, 0.1) is 24.5 Å². The molecule has 2 atom stereocenters. The molecule has 0 radical (unpaired) electrons. The highest BCUT2D eigenvalue weighted by molar-refractivity contribution is 9.10. The summed E-state index contributed by atoms with van der Waals surface area (Å²) in [4.78, 5) is 13.6. The van der Waals surface area contributed by atoms with Gasteiger partial charge >= 0.3 is 0 Å². The molecule has 32 heavy (non-hydrogen) atoms. The highest BCUT2D eigenvalue weighted by Gasteiger charge is 2.36. The highest BCUT2D eigenvalue weighted by Crippen LogP contribution is 2.44. The van der Waals surface area contributed by atoms with Gasteiger partial charge in [-0.2, -0.15) is 0 Å². The van der Waals surface area contributed by atoms with Crippen LogP contribution >= 0.6 is 15.9 Å². The van der Waals surface area contributed by atoms with Crippen molar-refractivity contribution in [2.24, 2.45) is 0 Å². The molecule has 5 heteroatoms. The summed E-state index contributed by atoms with van der Waals surface area (Å²) < 4.78 is 6.46. The first kappa shape index (κ1) is 20.8. The quantitative estimate of drug-likeness (QED) is 0.428. The predicted octanol–water partition coefficient (Wildman–Crippen LogP) is 6.75. The number of hydrogen-bond donors (Lipinski definition) is 2. The number of para-hydroxylation sites is 2. The Morgan fingerprint density at radius 2 is 1.75 bits per heavy atom. The van der Waals surface area contributed by atoms with Crippen LogP contribution in [-0.4, -0.2) is 12.9 Å². The smallest absolute Gasteiger partial charge is 0.163 e. The zero-order chi connectivity index (χ0) is 22.2. The molecule has 0 fully saturated rings. The van der Waals surface area contributed by atoms with Gasteiger partial charge in [0.15, 0.2) is 5.78 Å². The Morgan fingerprint density at radius 3 is 2.53 bits per heavy atom. The van der Waals surface area contributed by atoms with Gasteiger partial charge in [0.1, 0.15) is 5.75 Å². The summed E-state index contributed by atoms with van der Waals surface area (Å²) >= 11 is 3.66. The average Bonchev–Trinajstić information content (AvgIpc) is 2.98. The van der Waals surface area contributed by atoms with Crippen molar-refractivity contribution in [2.75, 3.05) is 17.7 Å². The Morgan fingerprint density at radius 1 is 0.938 bits per heavy atom. The number of fused-ring (bicyclic) bond motifs is 1. The molecule has 2 N–H and O–H groups in total. The first-order valence-electron chi connectivity index (χ1n) is 10.8. The molecule has 2 aliphatic rings. The number of carbonyl (C=O) groups is 1. The number of benzene rings is 3. The van der Waals surface area contributed by atoms with E-state index in [9.17, 15) is 4.79 Å². The fourth-order valence-electron chi connectivity index (χ4n) is 4.66. The third kappa shape index (κ3) is 3.82. The number of ketones is 1. The third-order valence-corrected chi connectivity index (χ3v) is 7.26. The summed E-state index contributed by atoms with van der Waals surface area (Å²) in [6, 6.07) is 22.3. The summed E-state index contributed by atoms with van der Waals surface area (Å²) in [6.07, 6.45) is 1.25. The van der Waals surface area contributed by atoms with E-state index in [1.54, 1.807) is 7.11 Å². The number of carbonyl (C=O) groups excluding carboxylic acids is 1. The molecule has 5 rings (SSSR count). The molecule has 0 amide bonds. The molecular formula is C27H25BrN2O2. The number of hydrogen-bond acceptors (Lipinski definition) is 4. The van der Waals surface area contributed by atoms with Crippen LogP contribution in [0.5, 0.6) is 5.75 Å². The monoisotopic (exact) mass is 488 g/mol. The number of halogens is 1. The Kier molecular flexibility index (Phi) is 5.51. The lowest BCUT2D eigenvalue weighted by Gasteiger charge is -2.30. The predicted molar refractivity (Wildman–Crippen MR) is 132 cm³/mol. The van der Waals surface area contributed by atoms with E-state index in [1.165, 1.54) is 5.56 Å². The van der Waals surface area contributed by atoms with Gasteiger partial charge in [-0.3, -0.25) is 4.79 Å². The second-order valence-corrected chi connectivity index (χ2v) is 9.31. The molecule has 3 aromatic rings. The van der Waals surface area contributed by atoms with E-state index in [4.69, 9.17) is 4.74 Å². The van der Waals surface area contributed by atoms with Gasteiger partial charge < -0.3 is 15.4 Å². The van der Waals surface area contributed by atoms with Crippen LogP contribution in [0.25, 0.3) is 0 Å². The minimum Gasteiger partial charge on any atom is -0.497 e. The lowest BCUT2D eigenvalue weighted by molar-refractivity contribution is -0.116. The minimum absolute atomic E-state index is 0.111. The maximum Gasteiger partial charge on any atom is 0.163 e. The van der Waals surface area contributed by atoms with E-state index in [-0.39, 0.29) is 17.7 Å². The van der Waals surface area contributed by atoms with Crippen LogP contribution in [0.15, 0.2) is 82.5 Å². The summed E-state index contributed by atoms with van der Waals surface area (Å²) in [7, 11) is 1.67. The van der Waals surface area contributed by atoms with E-state index in [2.05, 4.69) is 69.9 Å². The van der Waals surface area contributed by atoms with E-state index >= 15 is 0 Å². The van der Waals surface area contributed by atoms with Crippen molar-refractivity contribution in [3.05, 3.63) is 99.2 Å². The third-order valence-electron chi connectivity index (χ3n) is 6.40. The summed E-state index contributed by atoms with van der Waals surface area (Å²) in [5.41, 5.74) is 7.18. The number of nitrogens with one attached hydrogen (secondary N) is 2. The van der Waals surface area contributed by atoms with Crippen molar-refractivity contribution in [3.8, 4) is 5.75 Å². The molecule has 0 bridgehead atoms. The fraction of sp³-hybridized carbons (Fsp3) is 0.222. The Hall–Kier alpha value is -3.05. The van der Waals surface area contributed by atoms with Crippen LogP contribution in [0.2, 0.25) is 0 Å². The first-order chi connectivity index (χ1) is 15.5. The normalized spacial score (nSPS) is 19.9. The Labute approximate surface area is 196 Å². The van der Waals surface area contributed by atoms with E-state index in [0.29, 0.717) is 6.42 Å². The second kappa shape index (κ2) is 8.47. The highest BCUT2D eigenvalue weighted by atomic mass is 79.9. The van der Waals surface area contributed by atoms with Crippen LogP contribution in [0.1, 0.15) is 41.5 Å². The molecule has 162 valence electrons. The van der Waals surface area contributed by atoms with Crippen molar-refractivity contribution in [3.63, 3.8) is 0 Å². The van der Waals surface area contributed by atoms with Crippen LogP contribution in [0, 0.1) is 6.92 Å². The lowest BCUT2D eigenvalue weighted by atomic mass is 9.78. The largest absolute Gasteiger partial charge is 0.497 e. The molecule has 0 aromatic heterocycles. The molecular weight excluding hydrogens is 464 g/mol. The topological polar surface area (TPSA) is 50.4 Å². The van der Waals surface area contributed by atoms with Gasteiger partial charge in [0, 0.05) is 22.2 Å². The second-order valence-electron chi connectivity index (χ2n) is 8.45. The fourth-order valence-corrected chi connectivity index (χ4v) is 5.06. The molecule has 3 aromatic carbocycles. The van der Waals surface area contributed by atoms with Crippen molar-refractivity contribution >= 4 is 33.1 Å². The van der Waals surface area contributed by atoms with E-state index in [0.717, 1.165) is 50.4 Å². The van der Waals surface area contributed by atoms with Gasteiger partial charge in [-0.25, -0.2) is 0 Å². The zero-order valence-electron chi connectivity index (χ0n) is 18.1. The van der Waals surface area contributed by atoms with Crippen molar-refractivity contribution in [1.82, 2.24) is 0 Å². The van der Waals surface area contributed by atoms with Gasteiger partial charge in [-0.15, -0.1) is 0 Å². The molecule has 4 nitrogen and oxygen atoms in total. The van der Waals surface area contributed by atoms with Crippen LogP contribution in [0.4, 0.5) is 11.4 Å². The van der Waals surface area contributed by atoms with Crippen LogP contribution < -0.4 is 15.4 Å². The minimum atomic E-state index is -0.211. The van der Waals surface area contributed by atoms with Gasteiger partial charge in [-0.1, -0.05) is 52.3 Å². The standard InChI is InChI=1S/C27H25BrN2O2/c1-16-10-11-18(13-21(16)28)27-26-24(29-22-8-3-4-9-23(22)30-27)14-19(15-25(26)31)17-6-5-7-20(12-17)32-2/h3-13,19,27,29-30H,14-15H2,1-2H3. The van der Waals surface area contributed by atoms with Crippen molar-refractivity contribution < 1.29 is 9.53 Å². The molecule has 0 saturated carbocycles. The molecule has 1 aliphatic heterocycles. The lowest BCUT2D eigenvalue weighted by Crippen LogP contribution is -2.26. The van der Waals surface area contributed by atoms with Crippen LogP contribution in [0.3, 0.4) is 0 Å². The van der Waals surface area contributed by atoms with Gasteiger partial charge in [0.2, 0.25) is 0 Å². The first-order valence-corrected chi connectivity index (χ1v) is 11.6. The molecule has 2 unspecified atom stereocenters. The van der Waals surface area contributed by atoms with Crippen molar-refractivity contribution in [2.45, 2.75) is 31.7 Å². The number of ether oxygens (including phenoxy) is 1. The number of Topliss-reactive ketones (excluding diaryl/α,β-unsaturated/α-hetero) is 1. The summed E-state index contributed by atoms with van der Waals surface area (Å²) in [5.74, 6) is 1.10. The summed E-state index contributed by atoms with van der Waals surface area (Å²) in [6.45, 7) is 2.07. The Bertz CT molecular complexity index is 1230. The molecule has 0 spiro atoms. The maximum absolute atomic E-state index is 13.6. The molecule has 0 saturated heterocycles. The average molecular weight is 489 g/mol. The number of rotatable bonds is 3. The number of allylic oxidation sites excluding steroid dienone is 1. The number of anilines is 2. The zero-order valence-corrected chi connectivity index (χ0v) is 19.7. The number of aryl methyl sites for hydroxylation is 1. The maximum atomic E-state index is 13.6. The molecule has 1 aliphatic carbocycles. The van der Waals surface area contributed by atoms with Gasteiger partial charge in [0.25, 0.3) is 0 Å². The van der Waals surface area contributed by atoms with Gasteiger partial charge in [-0.05, 0) is 66.3 Å². The van der Waals surface area contributed by atoms with E-state index in [1.807, 2.05) is 30.3 Å². The number of methoxy groups -OCH3 is 1. The van der Waals surface area contributed by atoms with E-state index < -0.39 is 0 Å². The van der Waals surface area contributed by atoms with Crippen LogP contribution in [-0.2, 0) is 4.79 Å².